The Morgan fingerprint density at radius 1 is 1.19 bits per heavy atom. The maximum absolute atomic E-state index is 12.2. The van der Waals surface area contributed by atoms with Gasteiger partial charge < -0.3 is 16.0 Å². The maximum Gasteiger partial charge on any atom is 0.255 e. The van der Waals surface area contributed by atoms with Crippen LogP contribution >= 0.6 is 15.9 Å². The van der Waals surface area contributed by atoms with Crippen LogP contribution in [-0.4, -0.2) is 20.0 Å². The fourth-order valence-electron chi connectivity index (χ4n) is 2.06. The number of hydrogen-bond acceptors (Lipinski definition) is 3. The highest BCUT2D eigenvalue weighted by molar-refractivity contribution is 9.10. The van der Waals surface area contributed by atoms with Crippen molar-refractivity contribution in [2.24, 2.45) is 0 Å². The number of hydrogen-bond donors (Lipinski definition) is 2. The minimum atomic E-state index is -0.178. The summed E-state index contributed by atoms with van der Waals surface area (Å²) in [7, 11) is 3.95. The standard InChI is InChI=1S/C16H18BrN3O/c1-10-4-6-12(9-15(10)20(2)3)19-16(21)11-5-7-13(17)14(18)8-11/h4-9H,18H2,1-3H3,(H,19,21). The zero-order valence-electron chi connectivity index (χ0n) is 12.3. The summed E-state index contributed by atoms with van der Waals surface area (Å²) in [4.78, 5) is 14.3. The molecule has 0 saturated carbocycles. The Hall–Kier alpha value is -2.01. The minimum absolute atomic E-state index is 0.178. The zero-order valence-corrected chi connectivity index (χ0v) is 13.9. The molecule has 0 radical (unpaired) electrons. The Kier molecular flexibility index (Phi) is 4.53. The van der Waals surface area contributed by atoms with Crippen molar-refractivity contribution >= 4 is 38.9 Å². The van der Waals surface area contributed by atoms with Gasteiger partial charge >= 0.3 is 0 Å². The summed E-state index contributed by atoms with van der Waals surface area (Å²) in [5.74, 6) is -0.178. The van der Waals surface area contributed by atoms with E-state index in [2.05, 4.69) is 21.2 Å². The normalized spacial score (nSPS) is 10.3. The fraction of sp³-hybridized carbons (Fsp3) is 0.188. The van der Waals surface area contributed by atoms with Crippen molar-refractivity contribution in [2.75, 3.05) is 30.0 Å². The summed E-state index contributed by atoms with van der Waals surface area (Å²) >= 11 is 3.32. The van der Waals surface area contributed by atoms with Crippen LogP contribution in [-0.2, 0) is 0 Å². The molecule has 0 bridgehead atoms. The molecule has 4 nitrogen and oxygen atoms in total. The van der Waals surface area contributed by atoms with Crippen LogP contribution in [0.5, 0.6) is 0 Å². The van der Waals surface area contributed by atoms with Crippen molar-refractivity contribution in [2.45, 2.75) is 6.92 Å². The van der Waals surface area contributed by atoms with Gasteiger partial charge in [0.2, 0.25) is 0 Å². The molecule has 0 aliphatic carbocycles. The maximum atomic E-state index is 12.2. The summed E-state index contributed by atoms with van der Waals surface area (Å²) < 4.78 is 0.782. The third-order valence-corrected chi connectivity index (χ3v) is 3.93. The van der Waals surface area contributed by atoms with Crippen LogP contribution < -0.4 is 16.0 Å². The highest BCUT2D eigenvalue weighted by atomic mass is 79.9. The van der Waals surface area contributed by atoms with Crippen LogP contribution in [0.2, 0.25) is 0 Å². The number of rotatable bonds is 3. The topological polar surface area (TPSA) is 58.4 Å². The van der Waals surface area contributed by atoms with E-state index in [1.54, 1.807) is 18.2 Å². The van der Waals surface area contributed by atoms with Gasteiger partial charge in [0, 0.05) is 41.2 Å². The number of nitrogens with zero attached hydrogens (tertiary/aromatic N) is 1. The number of anilines is 3. The monoisotopic (exact) mass is 347 g/mol. The van der Waals surface area contributed by atoms with Crippen LogP contribution in [0.1, 0.15) is 15.9 Å². The Balaban J connectivity index is 2.23. The smallest absolute Gasteiger partial charge is 0.255 e. The van der Waals surface area contributed by atoms with E-state index in [0.717, 1.165) is 21.4 Å². The minimum Gasteiger partial charge on any atom is -0.398 e. The summed E-state index contributed by atoms with van der Waals surface area (Å²) in [6.07, 6.45) is 0. The number of carbonyl (C=O) groups is 1. The van der Waals surface area contributed by atoms with Crippen molar-refractivity contribution in [3.63, 3.8) is 0 Å². The molecule has 0 spiro atoms. The molecule has 3 N–H and O–H groups in total. The average Bonchev–Trinajstić information content (AvgIpc) is 2.43. The van der Waals surface area contributed by atoms with Crippen LogP contribution in [0.25, 0.3) is 0 Å². The lowest BCUT2D eigenvalue weighted by Gasteiger charge is -2.17. The molecule has 1 amide bonds. The summed E-state index contributed by atoms with van der Waals surface area (Å²) in [5.41, 5.74) is 9.86. The molecule has 21 heavy (non-hydrogen) atoms. The van der Waals surface area contributed by atoms with Gasteiger partial charge in [0.25, 0.3) is 5.91 Å². The SMILES string of the molecule is Cc1ccc(NC(=O)c2ccc(Br)c(N)c2)cc1N(C)C. The molecular formula is C16H18BrN3O. The molecule has 5 heteroatoms. The predicted octanol–water partition coefficient (Wildman–Crippen LogP) is 3.66. The van der Waals surface area contributed by atoms with E-state index in [-0.39, 0.29) is 5.91 Å². The lowest BCUT2D eigenvalue weighted by atomic mass is 10.1. The first kappa shape index (κ1) is 15.4. The van der Waals surface area contributed by atoms with E-state index in [9.17, 15) is 4.79 Å². The molecule has 0 unspecified atom stereocenters. The van der Waals surface area contributed by atoms with Gasteiger partial charge in [-0.1, -0.05) is 6.07 Å². The number of aryl methyl sites for hydroxylation is 1. The number of amides is 1. The quantitative estimate of drug-likeness (QED) is 0.833. The van der Waals surface area contributed by atoms with Gasteiger partial charge in [-0.25, -0.2) is 0 Å². The van der Waals surface area contributed by atoms with Gasteiger partial charge in [0.1, 0.15) is 0 Å². The largest absolute Gasteiger partial charge is 0.398 e. The highest BCUT2D eigenvalue weighted by Gasteiger charge is 2.09. The second kappa shape index (κ2) is 6.18. The van der Waals surface area contributed by atoms with Gasteiger partial charge in [-0.05, 0) is 58.7 Å². The first-order valence-electron chi connectivity index (χ1n) is 6.53. The van der Waals surface area contributed by atoms with E-state index >= 15 is 0 Å². The third-order valence-electron chi connectivity index (χ3n) is 3.21. The first-order valence-corrected chi connectivity index (χ1v) is 7.32. The number of carbonyl (C=O) groups excluding carboxylic acids is 1. The second-order valence-electron chi connectivity index (χ2n) is 5.09. The van der Waals surface area contributed by atoms with E-state index in [4.69, 9.17) is 5.73 Å². The summed E-state index contributed by atoms with van der Waals surface area (Å²) in [5, 5.41) is 2.89. The molecule has 2 aromatic rings. The molecule has 110 valence electrons. The average molecular weight is 348 g/mol. The molecule has 0 heterocycles. The number of nitrogens with one attached hydrogen (secondary N) is 1. The molecule has 0 aliphatic heterocycles. The molecule has 0 atom stereocenters. The number of halogens is 1. The first-order chi connectivity index (χ1) is 9.88. The van der Waals surface area contributed by atoms with E-state index < -0.39 is 0 Å². The Labute approximate surface area is 133 Å². The molecule has 0 fully saturated rings. The zero-order chi connectivity index (χ0) is 15.6. The van der Waals surface area contributed by atoms with Crippen molar-refractivity contribution in [1.82, 2.24) is 0 Å². The predicted molar refractivity (Wildman–Crippen MR) is 92.0 cm³/mol. The molecule has 2 rings (SSSR count). The Morgan fingerprint density at radius 2 is 1.90 bits per heavy atom. The van der Waals surface area contributed by atoms with Crippen molar-refractivity contribution in [3.05, 3.63) is 52.0 Å². The number of nitrogen functional groups attached to an aromatic ring is 1. The van der Waals surface area contributed by atoms with Crippen molar-refractivity contribution in [3.8, 4) is 0 Å². The van der Waals surface area contributed by atoms with Gasteiger partial charge in [-0.15, -0.1) is 0 Å². The van der Waals surface area contributed by atoms with E-state index in [1.807, 2.05) is 44.1 Å². The lowest BCUT2D eigenvalue weighted by molar-refractivity contribution is 0.102. The highest BCUT2D eigenvalue weighted by Crippen LogP contribution is 2.24. The number of nitrogens with two attached hydrogens (primary N) is 1. The van der Waals surface area contributed by atoms with Gasteiger partial charge in [-0.3, -0.25) is 4.79 Å². The molecular weight excluding hydrogens is 330 g/mol. The van der Waals surface area contributed by atoms with E-state index in [0.29, 0.717) is 11.3 Å². The van der Waals surface area contributed by atoms with Crippen LogP contribution in [0.4, 0.5) is 17.1 Å². The van der Waals surface area contributed by atoms with Crippen LogP contribution in [0.15, 0.2) is 40.9 Å². The molecule has 0 saturated heterocycles. The fourth-order valence-corrected chi connectivity index (χ4v) is 2.30. The van der Waals surface area contributed by atoms with Crippen LogP contribution in [0, 0.1) is 6.92 Å². The third kappa shape index (κ3) is 3.55. The second-order valence-corrected chi connectivity index (χ2v) is 5.94. The van der Waals surface area contributed by atoms with Gasteiger partial charge in [0.05, 0.1) is 0 Å². The van der Waals surface area contributed by atoms with Crippen LogP contribution in [0.3, 0.4) is 0 Å². The summed E-state index contributed by atoms with van der Waals surface area (Å²) in [6, 6.07) is 11.0. The Bertz CT molecular complexity index is 683. The summed E-state index contributed by atoms with van der Waals surface area (Å²) in [6.45, 7) is 2.04. The Morgan fingerprint density at radius 3 is 2.52 bits per heavy atom. The van der Waals surface area contributed by atoms with Gasteiger partial charge in [0.15, 0.2) is 0 Å². The van der Waals surface area contributed by atoms with Crippen molar-refractivity contribution in [1.29, 1.82) is 0 Å². The molecule has 2 aromatic carbocycles. The van der Waals surface area contributed by atoms with Crippen molar-refractivity contribution < 1.29 is 4.79 Å². The lowest BCUT2D eigenvalue weighted by Crippen LogP contribution is -2.14. The van der Waals surface area contributed by atoms with Gasteiger partial charge in [-0.2, -0.15) is 0 Å². The number of benzene rings is 2. The molecule has 0 aliphatic rings. The van der Waals surface area contributed by atoms with E-state index in [1.165, 1.54) is 0 Å². The molecule has 0 aromatic heterocycles.